The van der Waals surface area contributed by atoms with E-state index in [1.54, 1.807) is 30.6 Å². The van der Waals surface area contributed by atoms with E-state index in [4.69, 9.17) is 0 Å². The molecule has 3 aromatic rings. The van der Waals surface area contributed by atoms with Crippen LogP contribution < -0.4 is 0 Å². The van der Waals surface area contributed by atoms with E-state index in [9.17, 15) is 14.7 Å². The first-order valence-electron chi connectivity index (χ1n) is 10.5. The highest BCUT2D eigenvalue weighted by Crippen LogP contribution is 2.40. The van der Waals surface area contributed by atoms with E-state index in [2.05, 4.69) is 30.7 Å². The Kier molecular flexibility index (Phi) is 5.61. The fraction of sp³-hybridized carbons (Fsp3) is 0.231. The molecule has 1 aliphatic heterocycles. The Hall–Kier alpha value is -3.80. The van der Waals surface area contributed by atoms with Crippen molar-refractivity contribution in [2.75, 3.05) is 0 Å². The average molecular weight is 428 g/mol. The van der Waals surface area contributed by atoms with Crippen LogP contribution in [-0.2, 0) is 21.5 Å². The molecule has 3 heterocycles. The lowest BCUT2D eigenvalue weighted by Crippen LogP contribution is -2.29. The smallest absolute Gasteiger partial charge is 0.295 e. The van der Waals surface area contributed by atoms with Gasteiger partial charge >= 0.3 is 0 Å². The molecule has 4 rings (SSSR count). The molecular formula is C26H25N3O3. The number of hydrogen-bond acceptors (Lipinski definition) is 5. The molecule has 0 aliphatic carbocycles. The van der Waals surface area contributed by atoms with E-state index < -0.39 is 17.7 Å². The van der Waals surface area contributed by atoms with Gasteiger partial charge in [-0.1, -0.05) is 51.1 Å². The lowest BCUT2D eigenvalue weighted by Gasteiger charge is -2.26. The first-order valence-corrected chi connectivity index (χ1v) is 10.5. The number of aliphatic hydroxyl groups excluding tert-OH is 1. The van der Waals surface area contributed by atoms with Crippen molar-refractivity contribution in [3.63, 3.8) is 0 Å². The van der Waals surface area contributed by atoms with E-state index in [1.807, 2.05) is 30.3 Å². The number of hydrogen-bond donors (Lipinski definition) is 1. The Morgan fingerprint density at radius 1 is 0.969 bits per heavy atom. The molecule has 1 aliphatic rings. The summed E-state index contributed by atoms with van der Waals surface area (Å²) in [7, 11) is 0. The fourth-order valence-corrected chi connectivity index (χ4v) is 3.91. The van der Waals surface area contributed by atoms with Crippen LogP contribution in [0, 0.1) is 0 Å². The van der Waals surface area contributed by atoms with Crippen LogP contribution in [0.3, 0.4) is 0 Å². The third kappa shape index (κ3) is 4.04. The number of aromatic nitrogens is 2. The molecule has 32 heavy (non-hydrogen) atoms. The highest BCUT2D eigenvalue weighted by Gasteiger charge is 2.46. The van der Waals surface area contributed by atoms with Gasteiger partial charge in [-0.25, -0.2) is 0 Å². The molecule has 0 saturated carbocycles. The van der Waals surface area contributed by atoms with Crippen LogP contribution in [0.4, 0.5) is 0 Å². The minimum atomic E-state index is -0.711. The summed E-state index contributed by atoms with van der Waals surface area (Å²) in [6.07, 6.45) is 6.40. The molecule has 2 aromatic heterocycles. The van der Waals surface area contributed by atoms with Crippen molar-refractivity contribution in [2.24, 2.45) is 0 Å². The lowest BCUT2D eigenvalue weighted by atomic mass is 9.85. The fourth-order valence-electron chi connectivity index (χ4n) is 3.91. The zero-order valence-corrected chi connectivity index (χ0v) is 18.3. The van der Waals surface area contributed by atoms with Gasteiger partial charge in [0.05, 0.1) is 11.6 Å². The molecule has 1 atom stereocenters. The number of rotatable bonds is 4. The maximum atomic E-state index is 13.1. The number of benzene rings is 1. The third-order valence-corrected chi connectivity index (χ3v) is 5.66. The summed E-state index contributed by atoms with van der Waals surface area (Å²) in [6, 6.07) is 14.0. The number of nitrogens with zero attached hydrogens (tertiary/aromatic N) is 3. The van der Waals surface area contributed by atoms with Gasteiger partial charge < -0.3 is 10.0 Å². The Morgan fingerprint density at radius 3 is 2.25 bits per heavy atom. The SMILES string of the molecule is CC(C)(C)c1ccc(C2/C(=C(\O)c3ccncc3)C(=O)C(=O)N2Cc2cccnc2)cc1. The van der Waals surface area contributed by atoms with Crippen molar-refractivity contribution < 1.29 is 14.7 Å². The largest absolute Gasteiger partial charge is 0.507 e. The van der Waals surface area contributed by atoms with E-state index in [0.717, 1.165) is 16.7 Å². The van der Waals surface area contributed by atoms with Crippen molar-refractivity contribution in [3.8, 4) is 0 Å². The number of carbonyl (C=O) groups excluding carboxylic acids is 2. The Morgan fingerprint density at radius 2 is 1.66 bits per heavy atom. The third-order valence-electron chi connectivity index (χ3n) is 5.66. The number of pyridine rings is 2. The van der Waals surface area contributed by atoms with Crippen LogP contribution in [0.15, 0.2) is 78.9 Å². The predicted octanol–water partition coefficient (Wildman–Crippen LogP) is 4.40. The number of ketones is 1. The monoisotopic (exact) mass is 427 g/mol. The molecule has 0 bridgehead atoms. The van der Waals surface area contributed by atoms with Crippen LogP contribution in [0.25, 0.3) is 5.76 Å². The second-order valence-corrected chi connectivity index (χ2v) is 8.90. The van der Waals surface area contributed by atoms with Crippen molar-refractivity contribution in [2.45, 2.75) is 38.8 Å². The minimum absolute atomic E-state index is 0.0346. The number of Topliss-reactive ketones (excluding diaryl/α,β-unsaturated/α-hetero) is 1. The Bertz CT molecular complexity index is 1160. The highest BCUT2D eigenvalue weighted by molar-refractivity contribution is 6.46. The topological polar surface area (TPSA) is 83.4 Å². The van der Waals surface area contributed by atoms with Crippen LogP contribution in [0.2, 0.25) is 0 Å². The van der Waals surface area contributed by atoms with Gasteiger partial charge in [0, 0.05) is 36.9 Å². The van der Waals surface area contributed by atoms with E-state index >= 15 is 0 Å². The van der Waals surface area contributed by atoms with Crippen LogP contribution in [0.1, 0.15) is 49.1 Å². The molecule has 1 saturated heterocycles. The molecule has 6 heteroatoms. The molecule has 1 fully saturated rings. The molecular weight excluding hydrogens is 402 g/mol. The summed E-state index contributed by atoms with van der Waals surface area (Å²) >= 11 is 0. The van der Waals surface area contributed by atoms with E-state index in [-0.39, 0.29) is 23.3 Å². The van der Waals surface area contributed by atoms with E-state index in [0.29, 0.717) is 5.56 Å². The zero-order chi connectivity index (χ0) is 22.9. The summed E-state index contributed by atoms with van der Waals surface area (Å²) in [5.41, 5.74) is 3.18. The van der Waals surface area contributed by atoms with Crippen LogP contribution in [-0.4, -0.2) is 31.7 Å². The number of aliphatic hydroxyl groups is 1. The van der Waals surface area contributed by atoms with Crippen molar-refractivity contribution in [1.29, 1.82) is 0 Å². The second-order valence-electron chi connectivity index (χ2n) is 8.90. The Labute approximate surface area is 187 Å². The first-order chi connectivity index (χ1) is 15.3. The average Bonchev–Trinajstić information content (AvgIpc) is 3.04. The molecule has 1 N–H and O–H groups in total. The number of amides is 1. The minimum Gasteiger partial charge on any atom is -0.507 e. The summed E-state index contributed by atoms with van der Waals surface area (Å²) in [5.74, 6) is -1.55. The molecule has 1 amide bonds. The lowest BCUT2D eigenvalue weighted by molar-refractivity contribution is -0.140. The van der Waals surface area contributed by atoms with Gasteiger partial charge in [0.1, 0.15) is 5.76 Å². The first kappa shape index (κ1) is 21.4. The molecule has 1 aromatic carbocycles. The standard InChI is InChI=1S/C26H25N3O3/c1-26(2,3)20-8-6-18(7-9-20)22-21(23(30)19-10-13-27-14-11-19)24(31)25(32)29(22)16-17-5-4-12-28-15-17/h4-15,22,30H,16H2,1-3H3/b23-21+. The van der Waals surface area contributed by atoms with Gasteiger partial charge in [0.15, 0.2) is 0 Å². The maximum absolute atomic E-state index is 13.1. The molecule has 0 radical (unpaired) electrons. The van der Waals surface area contributed by atoms with Gasteiger partial charge in [0.25, 0.3) is 11.7 Å². The Balaban J connectivity index is 1.85. The van der Waals surface area contributed by atoms with Crippen molar-refractivity contribution >= 4 is 17.4 Å². The molecule has 1 unspecified atom stereocenters. The van der Waals surface area contributed by atoms with Gasteiger partial charge in [-0.3, -0.25) is 19.6 Å². The zero-order valence-electron chi connectivity index (χ0n) is 18.3. The van der Waals surface area contributed by atoms with E-state index in [1.165, 1.54) is 17.3 Å². The summed E-state index contributed by atoms with van der Waals surface area (Å²) in [4.78, 5) is 35.7. The van der Waals surface area contributed by atoms with Gasteiger partial charge in [-0.2, -0.15) is 0 Å². The highest BCUT2D eigenvalue weighted by atomic mass is 16.3. The molecule has 0 spiro atoms. The summed E-state index contributed by atoms with van der Waals surface area (Å²) < 4.78 is 0. The second kappa shape index (κ2) is 8.38. The molecule has 162 valence electrons. The summed E-state index contributed by atoms with van der Waals surface area (Å²) in [6.45, 7) is 6.58. The van der Waals surface area contributed by atoms with Gasteiger partial charge in [-0.05, 0) is 40.3 Å². The normalized spacial score (nSPS) is 18.2. The summed E-state index contributed by atoms with van der Waals surface area (Å²) in [5, 5.41) is 11.0. The van der Waals surface area contributed by atoms with Gasteiger partial charge in [-0.15, -0.1) is 0 Å². The van der Waals surface area contributed by atoms with Crippen molar-refractivity contribution in [1.82, 2.24) is 14.9 Å². The quantitative estimate of drug-likeness (QED) is 0.379. The predicted molar refractivity (Wildman–Crippen MR) is 121 cm³/mol. The maximum Gasteiger partial charge on any atom is 0.295 e. The number of likely N-dealkylation sites (tertiary alicyclic amines) is 1. The molecule has 6 nitrogen and oxygen atoms in total. The van der Waals surface area contributed by atoms with Crippen molar-refractivity contribution in [3.05, 3.63) is 101 Å². The van der Waals surface area contributed by atoms with Crippen LogP contribution >= 0.6 is 0 Å². The van der Waals surface area contributed by atoms with Crippen LogP contribution in [0.5, 0.6) is 0 Å². The van der Waals surface area contributed by atoms with Gasteiger partial charge in [0.2, 0.25) is 0 Å². The number of carbonyl (C=O) groups is 2.